The first-order valence-electron chi connectivity index (χ1n) is 10.5. The largest absolute Gasteiger partial charge is 0.316 e. The molecule has 1 aliphatic rings. The summed E-state index contributed by atoms with van der Waals surface area (Å²) in [5, 5.41) is 5.01. The SMILES string of the molecule is CCN1CCc2c(sc(NC(=O)CSc3ccc(F)cc3)c2-c2nc3ccccc3s2)C1.Cl. The molecule has 33 heavy (non-hydrogen) atoms. The van der Waals surface area contributed by atoms with Crippen molar-refractivity contribution in [1.82, 2.24) is 9.88 Å². The van der Waals surface area contributed by atoms with Crippen molar-refractivity contribution in [2.75, 3.05) is 24.2 Å². The number of hydrogen-bond acceptors (Lipinski definition) is 6. The molecule has 4 aromatic rings. The van der Waals surface area contributed by atoms with Gasteiger partial charge in [0.25, 0.3) is 0 Å². The molecule has 3 heterocycles. The van der Waals surface area contributed by atoms with Gasteiger partial charge < -0.3 is 5.32 Å². The normalized spacial score (nSPS) is 13.5. The van der Waals surface area contributed by atoms with E-state index in [9.17, 15) is 9.18 Å². The van der Waals surface area contributed by atoms with E-state index in [-0.39, 0.29) is 29.9 Å². The lowest BCUT2D eigenvalue weighted by atomic mass is 10.0. The van der Waals surface area contributed by atoms with Gasteiger partial charge in [-0.3, -0.25) is 9.69 Å². The Morgan fingerprint density at radius 3 is 2.73 bits per heavy atom. The van der Waals surface area contributed by atoms with E-state index in [1.165, 1.54) is 34.3 Å². The van der Waals surface area contributed by atoms with Crippen molar-refractivity contribution < 1.29 is 9.18 Å². The number of para-hydroxylation sites is 1. The Morgan fingerprint density at radius 1 is 1.18 bits per heavy atom. The fourth-order valence-electron chi connectivity index (χ4n) is 3.86. The van der Waals surface area contributed by atoms with Crippen LogP contribution in [0, 0.1) is 5.82 Å². The summed E-state index contributed by atoms with van der Waals surface area (Å²) in [4.78, 5) is 22.3. The predicted octanol–water partition coefficient (Wildman–Crippen LogP) is 6.69. The molecule has 2 aromatic heterocycles. The summed E-state index contributed by atoms with van der Waals surface area (Å²) in [6, 6.07) is 14.4. The van der Waals surface area contributed by atoms with Crippen molar-refractivity contribution in [2.45, 2.75) is 24.8 Å². The third-order valence-electron chi connectivity index (χ3n) is 5.53. The average Bonchev–Trinajstić information content (AvgIpc) is 3.38. The van der Waals surface area contributed by atoms with Crippen molar-refractivity contribution in [2.24, 2.45) is 0 Å². The fraction of sp³-hybridized carbons (Fsp3) is 0.250. The lowest BCUT2D eigenvalue weighted by Crippen LogP contribution is -2.29. The molecule has 5 rings (SSSR count). The zero-order valence-electron chi connectivity index (χ0n) is 18.0. The first kappa shape index (κ1) is 24.2. The van der Waals surface area contributed by atoms with E-state index in [4.69, 9.17) is 4.98 Å². The maximum atomic E-state index is 13.1. The van der Waals surface area contributed by atoms with Gasteiger partial charge in [-0.2, -0.15) is 0 Å². The summed E-state index contributed by atoms with van der Waals surface area (Å²) in [6.45, 7) is 5.13. The number of halogens is 2. The van der Waals surface area contributed by atoms with Gasteiger partial charge in [0.15, 0.2) is 0 Å². The molecule has 0 radical (unpaired) electrons. The second-order valence-electron chi connectivity index (χ2n) is 7.60. The summed E-state index contributed by atoms with van der Waals surface area (Å²) in [7, 11) is 0. The van der Waals surface area contributed by atoms with Crippen molar-refractivity contribution in [1.29, 1.82) is 0 Å². The zero-order chi connectivity index (χ0) is 22.1. The predicted molar refractivity (Wildman–Crippen MR) is 141 cm³/mol. The third kappa shape index (κ3) is 5.25. The van der Waals surface area contributed by atoms with Crippen molar-refractivity contribution in [3.63, 3.8) is 0 Å². The molecule has 0 aliphatic carbocycles. The number of benzene rings is 2. The molecule has 0 spiro atoms. The van der Waals surface area contributed by atoms with Gasteiger partial charge in [0, 0.05) is 28.4 Å². The molecule has 9 heteroatoms. The van der Waals surface area contributed by atoms with Gasteiger partial charge in [-0.25, -0.2) is 9.37 Å². The average molecular weight is 520 g/mol. The highest BCUT2D eigenvalue weighted by Gasteiger charge is 2.27. The van der Waals surface area contributed by atoms with Gasteiger partial charge in [-0.1, -0.05) is 19.1 Å². The Hall–Kier alpha value is -1.97. The van der Waals surface area contributed by atoms with E-state index in [2.05, 4.69) is 23.2 Å². The number of thioether (sulfide) groups is 1. The maximum Gasteiger partial charge on any atom is 0.235 e. The second-order valence-corrected chi connectivity index (χ2v) is 10.8. The number of thiazole rings is 1. The van der Waals surface area contributed by atoms with Crippen molar-refractivity contribution in [3.8, 4) is 10.6 Å². The summed E-state index contributed by atoms with van der Waals surface area (Å²) in [5.41, 5.74) is 3.39. The van der Waals surface area contributed by atoms with E-state index >= 15 is 0 Å². The van der Waals surface area contributed by atoms with Gasteiger partial charge in [0.2, 0.25) is 5.91 Å². The maximum absolute atomic E-state index is 13.1. The number of carbonyl (C=O) groups excluding carboxylic acids is 1. The Balaban J connectivity index is 0.00000259. The molecule has 0 saturated heterocycles. The van der Waals surface area contributed by atoms with Crippen LogP contribution in [0.4, 0.5) is 9.39 Å². The lowest BCUT2D eigenvalue weighted by molar-refractivity contribution is -0.113. The lowest BCUT2D eigenvalue weighted by Gasteiger charge is -2.25. The monoisotopic (exact) mass is 519 g/mol. The van der Waals surface area contributed by atoms with Crippen LogP contribution >= 0.6 is 46.8 Å². The van der Waals surface area contributed by atoms with E-state index in [0.717, 1.165) is 56.7 Å². The number of carbonyl (C=O) groups is 1. The Kier molecular flexibility index (Phi) is 7.71. The van der Waals surface area contributed by atoms with Crippen LogP contribution in [0.3, 0.4) is 0 Å². The summed E-state index contributed by atoms with van der Waals surface area (Å²) in [6.07, 6.45) is 0.963. The standard InChI is InChI=1S/C24H22FN3OS3.ClH/c1-2-28-12-11-17-20(13-28)32-24(22(17)23-26-18-5-3-4-6-19(18)31-23)27-21(29)14-30-16-9-7-15(25)8-10-16;/h3-10H,2,11-14H2,1H3,(H,27,29);1H. The molecule has 0 bridgehead atoms. The minimum absolute atomic E-state index is 0. The summed E-state index contributed by atoms with van der Waals surface area (Å²) in [5.74, 6) is -0.0635. The molecule has 4 nitrogen and oxygen atoms in total. The summed E-state index contributed by atoms with van der Waals surface area (Å²) >= 11 is 4.75. The minimum atomic E-state index is -0.274. The molecular formula is C24H23ClFN3OS3. The van der Waals surface area contributed by atoms with Gasteiger partial charge >= 0.3 is 0 Å². The molecule has 0 unspecified atom stereocenters. The number of anilines is 1. The van der Waals surface area contributed by atoms with E-state index in [0.29, 0.717) is 0 Å². The molecule has 1 amide bonds. The van der Waals surface area contributed by atoms with Crippen molar-refractivity contribution >= 4 is 68.0 Å². The zero-order valence-corrected chi connectivity index (χ0v) is 21.2. The smallest absolute Gasteiger partial charge is 0.235 e. The number of fused-ring (bicyclic) bond motifs is 2. The number of likely N-dealkylation sites (N-methyl/N-ethyl adjacent to an activating group) is 1. The van der Waals surface area contributed by atoms with Crippen LogP contribution in [-0.2, 0) is 17.8 Å². The number of hydrogen-bond donors (Lipinski definition) is 1. The van der Waals surface area contributed by atoms with Crippen LogP contribution in [-0.4, -0.2) is 34.6 Å². The van der Waals surface area contributed by atoms with Gasteiger partial charge in [-0.05, 0) is 54.9 Å². The number of aromatic nitrogens is 1. The fourth-order valence-corrected chi connectivity index (χ4v) is 6.98. The molecule has 0 atom stereocenters. The molecule has 172 valence electrons. The number of rotatable bonds is 6. The van der Waals surface area contributed by atoms with Gasteiger partial charge in [0.05, 0.1) is 16.0 Å². The molecule has 1 N–H and O–H groups in total. The van der Waals surface area contributed by atoms with Gasteiger partial charge in [-0.15, -0.1) is 46.8 Å². The van der Waals surface area contributed by atoms with Crippen LogP contribution in [0.1, 0.15) is 17.4 Å². The van der Waals surface area contributed by atoms with E-state index in [1.807, 2.05) is 18.2 Å². The van der Waals surface area contributed by atoms with E-state index < -0.39 is 0 Å². The van der Waals surface area contributed by atoms with E-state index in [1.54, 1.807) is 34.8 Å². The van der Waals surface area contributed by atoms with Gasteiger partial charge in [0.1, 0.15) is 15.8 Å². The first-order chi connectivity index (χ1) is 15.6. The quantitative estimate of drug-likeness (QED) is 0.288. The van der Waals surface area contributed by atoms with Crippen LogP contribution in [0.2, 0.25) is 0 Å². The summed E-state index contributed by atoms with van der Waals surface area (Å²) < 4.78 is 14.3. The Labute approximate surface area is 210 Å². The molecule has 1 aliphatic heterocycles. The highest BCUT2D eigenvalue weighted by Crippen LogP contribution is 2.45. The van der Waals surface area contributed by atoms with Crippen molar-refractivity contribution in [3.05, 3.63) is 64.8 Å². The molecule has 0 fully saturated rings. The topological polar surface area (TPSA) is 45.2 Å². The highest BCUT2D eigenvalue weighted by molar-refractivity contribution is 8.00. The molecule has 2 aromatic carbocycles. The number of thiophene rings is 1. The number of nitrogens with one attached hydrogen (secondary N) is 1. The van der Waals surface area contributed by atoms with Crippen LogP contribution in [0.15, 0.2) is 53.4 Å². The Bertz CT molecular complexity index is 1240. The first-order valence-corrected chi connectivity index (χ1v) is 13.1. The minimum Gasteiger partial charge on any atom is -0.316 e. The van der Waals surface area contributed by atoms with Crippen LogP contribution in [0.25, 0.3) is 20.8 Å². The van der Waals surface area contributed by atoms with Crippen LogP contribution < -0.4 is 5.32 Å². The Morgan fingerprint density at radius 2 is 1.97 bits per heavy atom. The second kappa shape index (κ2) is 10.5. The third-order valence-corrected chi connectivity index (χ3v) is 8.73. The molecular weight excluding hydrogens is 497 g/mol. The highest BCUT2D eigenvalue weighted by atomic mass is 35.5. The number of nitrogens with zero attached hydrogens (tertiary/aromatic N) is 2. The molecule has 0 saturated carbocycles. The number of amides is 1. The van der Waals surface area contributed by atoms with Crippen LogP contribution in [0.5, 0.6) is 0 Å².